The lowest BCUT2D eigenvalue weighted by Crippen LogP contribution is -2.20. The molecule has 28 heavy (non-hydrogen) atoms. The third kappa shape index (κ3) is 3.46. The van der Waals surface area contributed by atoms with Crippen LogP contribution in [-0.2, 0) is 11.3 Å². The van der Waals surface area contributed by atoms with E-state index >= 15 is 0 Å². The van der Waals surface area contributed by atoms with Gasteiger partial charge in [-0.3, -0.25) is 14.6 Å². The summed E-state index contributed by atoms with van der Waals surface area (Å²) in [6.45, 7) is 1.79. The third-order valence-electron chi connectivity index (χ3n) is 4.43. The Kier molecular flexibility index (Phi) is 4.57. The van der Waals surface area contributed by atoms with Crippen molar-refractivity contribution in [3.05, 3.63) is 81.5 Å². The molecule has 140 valence electrons. The first-order valence-corrected chi connectivity index (χ1v) is 8.94. The molecule has 0 aliphatic carbocycles. The van der Waals surface area contributed by atoms with E-state index in [0.29, 0.717) is 38.2 Å². The maximum Gasteiger partial charge on any atom is 0.244 e. The number of fused-ring (bicyclic) bond motifs is 2. The van der Waals surface area contributed by atoms with E-state index < -0.39 is 5.82 Å². The summed E-state index contributed by atoms with van der Waals surface area (Å²) in [6.07, 6.45) is 1.56. The second-order valence-corrected chi connectivity index (χ2v) is 6.93. The topological polar surface area (TPSA) is 64.0 Å². The average Bonchev–Trinajstić information content (AvgIpc) is 2.65. The lowest BCUT2D eigenvalue weighted by molar-refractivity contribution is -0.116. The van der Waals surface area contributed by atoms with Crippen LogP contribution >= 0.6 is 11.6 Å². The van der Waals surface area contributed by atoms with Gasteiger partial charge in [0.25, 0.3) is 0 Å². The van der Waals surface area contributed by atoms with Crippen LogP contribution in [0.1, 0.15) is 5.69 Å². The molecule has 4 aromatic rings. The highest BCUT2D eigenvalue weighted by Gasteiger charge is 2.11. The molecule has 0 aliphatic heterocycles. The van der Waals surface area contributed by atoms with Crippen molar-refractivity contribution in [3.8, 4) is 0 Å². The number of carbonyl (C=O) groups excluding carboxylic acids is 1. The smallest absolute Gasteiger partial charge is 0.244 e. The van der Waals surface area contributed by atoms with Gasteiger partial charge < -0.3 is 9.88 Å². The molecular formula is C21H15ClFN3O2. The van der Waals surface area contributed by atoms with Crippen LogP contribution in [0.15, 0.2) is 59.5 Å². The van der Waals surface area contributed by atoms with E-state index in [1.807, 2.05) is 0 Å². The molecule has 1 N–H and O–H groups in total. The summed E-state index contributed by atoms with van der Waals surface area (Å²) < 4.78 is 15.3. The summed E-state index contributed by atoms with van der Waals surface area (Å²) >= 11 is 5.98. The maximum absolute atomic E-state index is 13.7. The zero-order valence-corrected chi connectivity index (χ0v) is 15.6. The van der Waals surface area contributed by atoms with Gasteiger partial charge in [-0.15, -0.1) is 0 Å². The normalized spacial score (nSPS) is 11.1. The number of nitrogens with one attached hydrogen (secondary N) is 1. The second kappa shape index (κ2) is 7.05. The predicted molar refractivity (Wildman–Crippen MR) is 108 cm³/mol. The van der Waals surface area contributed by atoms with Crippen molar-refractivity contribution >= 4 is 45.0 Å². The van der Waals surface area contributed by atoms with Gasteiger partial charge >= 0.3 is 0 Å². The number of pyridine rings is 2. The Morgan fingerprint density at radius 1 is 1.14 bits per heavy atom. The fraction of sp³-hybridized carbons (Fsp3) is 0.0952. The van der Waals surface area contributed by atoms with Gasteiger partial charge in [0.2, 0.25) is 5.91 Å². The summed E-state index contributed by atoms with van der Waals surface area (Å²) in [6, 6.07) is 12.3. The number of halogens is 2. The molecule has 2 heterocycles. The van der Waals surface area contributed by atoms with Gasteiger partial charge in [-0.2, -0.15) is 0 Å². The van der Waals surface area contributed by atoms with Gasteiger partial charge in [-0.25, -0.2) is 4.39 Å². The van der Waals surface area contributed by atoms with Gasteiger partial charge in [-0.05, 0) is 49.4 Å². The molecule has 0 bridgehead atoms. The quantitative estimate of drug-likeness (QED) is 0.563. The molecule has 4 rings (SSSR count). The molecule has 0 unspecified atom stereocenters. The minimum Gasteiger partial charge on any atom is -0.338 e. The summed E-state index contributed by atoms with van der Waals surface area (Å²) in [4.78, 5) is 29.1. The van der Waals surface area contributed by atoms with Crippen LogP contribution in [0, 0.1) is 12.7 Å². The van der Waals surface area contributed by atoms with Crippen LogP contribution in [0.5, 0.6) is 0 Å². The summed E-state index contributed by atoms with van der Waals surface area (Å²) in [5, 5.41) is 4.24. The van der Waals surface area contributed by atoms with Crippen LogP contribution in [0.3, 0.4) is 0 Å². The lowest BCUT2D eigenvalue weighted by atomic mass is 10.1. The third-order valence-corrected chi connectivity index (χ3v) is 4.66. The van der Waals surface area contributed by atoms with Gasteiger partial charge in [0, 0.05) is 33.8 Å². The van der Waals surface area contributed by atoms with E-state index in [0.717, 1.165) is 0 Å². The number of rotatable bonds is 3. The number of aryl methyl sites for hydroxylation is 1. The highest BCUT2D eigenvalue weighted by Crippen LogP contribution is 2.24. The van der Waals surface area contributed by atoms with Crippen LogP contribution < -0.4 is 10.7 Å². The average molecular weight is 396 g/mol. The molecule has 0 spiro atoms. The zero-order chi connectivity index (χ0) is 19.8. The van der Waals surface area contributed by atoms with Crippen molar-refractivity contribution in [1.29, 1.82) is 0 Å². The van der Waals surface area contributed by atoms with Gasteiger partial charge in [0.05, 0.1) is 16.7 Å². The van der Waals surface area contributed by atoms with Crippen LogP contribution in [0.2, 0.25) is 5.02 Å². The number of hydrogen-bond acceptors (Lipinski definition) is 3. The predicted octanol–water partition coefficient (Wildman–Crippen LogP) is 4.29. The number of nitrogens with zero attached hydrogens (tertiary/aromatic N) is 2. The first kappa shape index (κ1) is 18.1. The highest BCUT2D eigenvalue weighted by molar-refractivity contribution is 6.31. The number of aromatic nitrogens is 2. The minimum absolute atomic E-state index is 0.0173. The van der Waals surface area contributed by atoms with Crippen LogP contribution in [-0.4, -0.2) is 15.5 Å². The van der Waals surface area contributed by atoms with E-state index in [2.05, 4.69) is 10.3 Å². The van der Waals surface area contributed by atoms with E-state index in [-0.39, 0.29) is 17.9 Å². The van der Waals surface area contributed by atoms with Crippen molar-refractivity contribution in [1.82, 2.24) is 9.55 Å². The first-order chi connectivity index (χ1) is 13.4. The number of hydrogen-bond donors (Lipinski definition) is 1. The number of carbonyl (C=O) groups is 1. The Labute approximate surface area is 164 Å². The molecule has 0 radical (unpaired) electrons. The van der Waals surface area contributed by atoms with Crippen LogP contribution in [0.4, 0.5) is 10.1 Å². The van der Waals surface area contributed by atoms with E-state index in [1.54, 1.807) is 48.0 Å². The minimum atomic E-state index is -0.406. The lowest BCUT2D eigenvalue weighted by Gasteiger charge is -2.13. The molecule has 0 atom stereocenters. The molecule has 2 aromatic heterocycles. The van der Waals surface area contributed by atoms with Gasteiger partial charge in [0.15, 0.2) is 5.43 Å². The first-order valence-electron chi connectivity index (χ1n) is 8.56. The fourth-order valence-electron chi connectivity index (χ4n) is 3.20. The second-order valence-electron chi connectivity index (χ2n) is 6.49. The Morgan fingerprint density at radius 2 is 1.96 bits per heavy atom. The van der Waals surface area contributed by atoms with Gasteiger partial charge in [-0.1, -0.05) is 11.6 Å². The largest absolute Gasteiger partial charge is 0.338 e. The van der Waals surface area contributed by atoms with Crippen molar-refractivity contribution in [2.75, 3.05) is 5.32 Å². The van der Waals surface area contributed by atoms with E-state index in [9.17, 15) is 14.0 Å². The number of benzene rings is 2. The monoisotopic (exact) mass is 395 g/mol. The highest BCUT2D eigenvalue weighted by atomic mass is 35.5. The Morgan fingerprint density at radius 3 is 2.79 bits per heavy atom. The van der Waals surface area contributed by atoms with E-state index in [4.69, 9.17) is 11.6 Å². The number of amides is 1. The summed E-state index contributed by atoms with van der Waals surface area (Å²) in [5.41, 5.74) is 2.23. The Balaban J connectivity index is 1.69. The number of anilines is 1. The van der Waals surface area contributed by atoms with Crippen LogP contribution in [0.25, 0.3) is 21.8 Å². The Bertz CT molecular complexity index is 1300. The standard InChI is InChI=1S/C21H15ClFN3O2/c1-12-8-18(15-10-14(23)3-4-17(15)24-12)25-21(28)11-26-7-6-20(27)16-9-13(22)2-5-19(16)26/h2-10H,11H2,1H3,(H,24,25,28). The molecule has 0 aliphatic rings. The van der Waals surface area contributed by atoms with E-state index in [1.165, 1.54) is 18.2 Å². The van der Waals surface area contributed by atoms with Crippen molar-refractivity contribution in [2.45, 2.75) is 13.5 Å². The molecule has 0 saturated heterocycles. The van der Waals surface area contributed by atoms with Crippen molar-refractivity contribution < 1.29 is 9.18 Å². The summed E-state index contributed by atoms with van der Waals surface area (Å²) in [5.74, 6) is -0.715. The summed E-state index contributed by atoms with van der Waals surface area (Å²) in [7, 11) is 0. The maximum atomic E-state index is 13.7. The molecular weight excluding hydrogens is 381 g/mol. The van der Waals surface area contributed by atoms with Crippen molar-refractivity contribution in [3.63, 3.8) is 0 Å². The van der Waals surface area contributed by atoms with Crippen molar-refractivity contribution in [2.24, 2.45) is 0 Å². The molecule has 1 amide bonds. The Hall–Kier alpha value is -3.25. The molecule has 7 heteroatoms. The molecule has 0 fully saturated rings. The molecule has 2 aromatic carbocycles. The van der Waals surface area contributed by atoms with Gasteiger partial charge in [0.1, 0.15) is 12.4 Å². The SMILES string of the molecule is Cc1cc(NC(=O)Cn2ccc(=O)c3cc(Cl)ccc32)c2cc(F)ccc2n1. The zero-order valence-electron chi connectivity index (χ0n) is 14.9. The fourth-order valence-corrected chi connectivity index (χ4v) is 3.37. The molecule has 0 saturated carbocycles. The molecule has 5 nitrogen and oxygen atoms in total.